The quantitative estimate of drug-likeness (QED) is 0.260. The van der Waals surface area contributed by atoms with E-state index < -0.39 is 0 Å². The lowest BCUT2D eigenvalue weighted by Gasteiger charge is -2.37. The van der Waals surface area contributed by atoms with Gasteiger partial charge in [-0.1, -0.05) is 103 Å². The van der Waals surface area contributed by atoms with E-state index in [1.165, 1.54) is 44.0 Å². The lowest BCUT2D eigenvalue weighted by molar-refractivity contribution is 0.704. The molecule has 0 spiro atoms. The van der Waals surface area contributed by atoms with Gasteiger partial charge in [-0.25, -0.2) is 0 Å². The number of hydrogen-bond donors (Lipinski definition) is 1. The van der Waals surface area contributed by atoms with Gasteiger partial charge in [-0.2, -0.15) is 0 Å². The predicted molar refractivity (Wildman–Crippen MR) is 163 cm³/mol. The largest absolute Gasteiger partial charge is 0.356 e. The van der Waals surface area contributed by atoms with Crippen LogP contribution in [0.25, 0.3) is 27.6 Å². The molecule has 1 unspecified atom stereocenters. The fraction of sp³-hybridized carbons (Fsp3) is 0.0556. The van der Waals surface area contributed by atoms with Crippen molar-refractivity contribution in [2.24, 2.45) is 0 Å². The number of rotatable bonds is 5. The lowest BCUT2D eigenvalue weighted by atomic mass is 9.90. The summed E-state index contributed by atoms with van der Waals surface area (Å²) in [5.74, 6) is 0. The summed E-state index contributed by atoms with van der Waals surface area (Å²) in [5.41, 5.74) is 7.23. The van der Waals surface area contributed by atoms with Crippen molar-refractivity contribution >= 4 is 50.4 Å². The molecule has 182 valence electrons. The SMILES string of the molecule is C1=Cc2ccccc2C(N(c2ccc(Nc3ccc4ccccc4c3)cc2)c2cccc3ccccc23)C1. The molecule has 6 aromatic rings. The van der Waals surface area contributed by atoms with E-state index in [1.54, 1.807) is 0 Å². The Hall–Kier alpha value is -4.82. The van der Waals surface area contributed by atoms with Crippen molar-refractivity contribution in [3.63, 3.8) is 0 Å². The maximum absolute atomic E-state index is 3.60. The molecule has 1 aliphatic rings. The number of benzene rings is 6. The van der Waals surface area contributed by atoms with Gasteiger partial charge in [0.05, 0.1) is 6.04 Å². The molecule has 38 heavy (non-hydrogen) atoms. The third-order valence-corrected chi connectivity index (χ3v) is 7.53. The molecule has 6 aromatic carbocycles. The molecule has 0 fully saturated rings. The standard InChI is InChI=1S/C36H28N2/c1-2-12-29-25-31(20-19-26(29)9-1)37-30-21-23-32(24-22-30)38(35-17-7-13-27-10-3-5-15-33(27)35)36-18-8-14-28-11-4-6-16-34(28)36/h1-17,19-25,36-37H,18H2. The van der Waals surface area contributed by atoms with Gasteiger partial charge in [0.1, 0.15) is 0 Å². The van der Waals surface area contributed by atoms with Crippen LogP contribution in [0.4, 0.5) is 22.7 Å². The number of anilines is 4. The summed E-state index contributed by atoms with van der Waals surface area (Å²) in [5, 5.41) is 8.60. The average Bonchev–Trinajstić information content (AvgIpc) is 2.98. The Bertz CT molecular complexity index is 1780. The molecule has 2 nitrogen and oxygen atoms in total. The van der Waals surface area contributed by atoms with Gasteiger partial charge in [-0.15, -0.1) is 0 Å². The summed E-state index contributed by atoms with van der Waals surface area (Å²) in [6.45, 7) is 0. The first-order valence-electron chi connectivity index (χ1n) is 13.2. The minimum atomic E-state index is 0.210. The number of hydrogen-bond acceptors (Lipinski definition) is 2. The van der Waals surface area contributed by atoms with Crippen LogP contribution >= 0.6 is 0 Å². The normalized spacial score (nSPS) is 14.4. The molecular formula is C36H28N2. The number of fused-ring (bicyclic) bond motifs is 3. The van der Waals surface area contributed by atoms with Crippen LogP contribution in [0.1, 0.15) is 23.6 Å². The van der Waals surface area contributed by atoms with Crippen molar-refractivity contribution < 1.29 is 0 Å². The molecule has 0 bridgehead atoms. The molecule has 0 amide bonds. The van der Waals surface area contributed by atoms with E-state index in [2.05, 4.69) is 156 Å². The Balaban J connectivity index is 1.29. The minimum absolute atomic E-state index is 0.210. The second kappa shape index (κ2) is 9.57. The summed E-state index contributed by atoms with van der Waals surface area (Å²) in [6, 6.07) is 48.1. The van der Waals surface area contributed by atoms with Crippen LogP contribution in [0.5, 0.6) is 0 Å². The maximum atomic E-state index is 3.60. The first-order valence-corrected chi connectivity index (χ1v) is 13.2. The Kier molecular flexibility index (Phi) is 5.64. The van der Waals surface area contributed by atoms with Crippen LogP contribution in [-0.4, -0.2) is 0 Å². The van der Waals surface area contributed by atoms with Crippen molar-refractivity contribution in [1.29, 1.82) is 0 Å². The monoisotopic (exact) mass is 488 g/mol. The van der Waals surface area contributed by atoms with Crippen LogP contribution in [0.3, 0.4) is 0 Å². The summed E-state index contributed by atoms with van der Waals surface area (Å²) in [7, 11) is 0. The summed E-state index contributed by atoms with van der Waals surface area (Å²) in [4.78, 5) is 2.52. The predicted octanol–water partition coefficient (Wildman–Crippen LogP) is 10.0. The fourth-order valence-electron chi connectivity index (χ4n) is 5.71. The molecule has 1 aliphatic carbocycles. The van der Waals surface area contributed by atoms with Crippen LogP contribution in [0.15, 0.2) is 140 Å². The summed E-state index contributed by atoms with van der Waals surface area (Å²) < 4.78 is 0. The highest BCUT2D eigenvalue weighted by Crippen LogP contribution is 2.43. The molecular weight excluding hydrogens is 460 g/mol. The topological polar surface area (TPSA) is 15.3 Å². The molecule has 0 aliphatic heterocycles. The first-order chi connectivity index (χ1) is 18.8. The Morgan fingerprint density at radius 1 is 0.579 bits per heavy atom. The zero-order chi connectivity index (χ0) is 25.3. The highest BCUT2D eigenvalue weighted by molar-refractivity contribution is 5.96. The number of nitrogens with one attached hydrogen (secondary N) is 1. The Morgan fingerprint density at radius 3 is 2.18 bits per heavy atom. The van der Waals surface area contributed by atoms with Crippen LogP contribution in [0, 0.1) is 0 Å². The molecule has 7 rings (SSSR count). The van der Waals surface area contributed by atoms with Crippen molar-refractivity contribution in [2.45, 2.75) is 12.5 Å². The average molecular weight is 489 g/mol. The van der Waals surface area contributed by atoms with Crippen LogP contribution in [-0.2, 0) is 0 Å². The molecule has 1 N–H and O–H groups in total. The third kappa shape index (κ3) is 4.10. The summed E-state index contributed by atoms with van der Waals surface area (Å²) >= 11 is 0. The smallest absolute Gasteiger partial charge is 0.0632 e. The van der Waals surface area contributed by atoms with E-state index in [0.29, 0.717) is 0 Å². The van der Waals surface area contributed by atoms with Gasteiger partial charge in [0, 0.05) is 28.1 Å². The molecule has 0 aromatic heterocycles. The van der Waals surface area contributed by atoms with E-state index >= 15 is 0 Å². The maximum Gasteiger partial charge on any atom is 0.0632 e. The van der Waals surface area contributed by atoms with Crippen molar-refractivity contribution in [1.82, 2.24) is 0 Å². The van der Waals surface area contributed by atoms with Crippen molar-refractivity contribution in [2.75, 3.05) is 10.2 Å². The molecule has 1 atom stereocenters. The van der Waals surface area contributed by atoms with Gasteiger partial charge in [-0.3, -0.25) is 0 Å². The molecule has 0 heterocycles. The van der Waals surface area contributed by atoms with E-state index in [4.69, 9.17) is 0 Å². The Morgan fingerprint density at radius 2 is 1.29 bits per heavy atom. The van der Waals surface area contributed by atoms with Crippen molar-refractivity contribution in [3.8, 4) is 0 Å². The van der Waals surface area contributed by atoms with Crippen LogP contribution in [0.2, 0.25) is 0 Å². The van der Waals surface area contributed by atoms with Gasteiger partial charge in [0.2, 0.25) is 0 Å². The number of nitrogens with zero attached hydrogens (tertiary/aromatic N) is 1. The fourth-order valence-corrected chi connectivity index (χ4v) is 5.71. The van der Waals surface area contributed by atoms with Gasteiger partial charge < -0.3 is 10.2 Å². The van der Waals surface area contributed by atoms with Gasteiger partial charge in [0.15, 0.2) is 0 Å². The van der Waals surface area contributed by atoms with Crippen LogP contribution < -0.4 is 10.2 Å². The van der Waals surface area contributed by atoms with E-state index in [-0.39, 0.29) is 6.04 Å². The van der Waals surface area contributed by atoms with E-state index in [0.717, 1.165) is 17.8 Å². The minimum Gasteiger partial charge on any atom is -0.356 e. The third-order valence-electron chi connectivity index (χ3n) is 7.53. The second-order valence-electron chi connectivity index (χ2n) is 9.88. The van der Waals surface area contributed by atoms with Gasteiger partial charge in [0.25, 0.3) is 0 Å². The lowest BCUT2D eigenvalue weighted by Crippen LogP contribution is -2.25. The zero-order valence-electron chi connectivity index (χ0n) is 21.1. The molecule has 0 radical (unpaired) electrons. The molecule has 0 saturated carbocycles. The zero-order valence-corrected chi connectivity index (χ0v) is 21.1. The second-order valence-corrected chi connectivity index (χ2v) is 9.88. The Labute approximate surface area is 223 Å². The summed E-state index contributed by atoms with van der Waals surface area (Å²) in [6.07, 6.45) is 5.52. The molecule has 2 heteroatoms. The van der Waals surface area contributed by atoms with E-state index in [1.807, 2.05) is 0 Å². The first kappa shape index (κ1) is 22.4. The van der Waals surface area contributed by atoms with Gasteiger partial charge in [-0.05, 0) is 76.2 Å². The highest BCUT2D eigenvalue weighted by Gasteiger charge is 2.26. The van der Waals surface area contributed by atoms with E-state index in [9.17, 15) is 0 Å². The molecule has 0 saturated heterocycles. The highest BCUT2D eigenvalue weighted by atomic mass is 15.2. The van der Waals surface area contributed by atoms with Gasteiger partial charge >= 0.3 is 0 Å². The van der Waals surface area contributed by atoms with Crippen molar-refractivity contribution in [3.05, 3.63) is 151 Å².